The third-order valence-electron chi connectivity index (χ3n) is 2.37. The van der Waals surface area contributed by atoms with Crippen molar-refractivity contribution in [3.8, 4) is 5.75 Å². The van der Waals surface area contributed by atoms with E-state index in [4.69, 9.17) is 9.05 Å². The number of rotatable bonds is 9. The lowest BCUT2D eigenvalue weighted by Crippen LogP contribution is -1.92. The number of hydrogen-bond acceptors (Lipinski definition) is 5. The van der Waals surface area contributed by atoms with Gasteiger partial charge in [-0.1, -0.05) is 22.0 Å². The Hall–Kier alpha value is -0.260. The van der Waals surface area contributed by atoms with Crippen LogP contribution in [0.25, 0.3) is 0 Å². The SMILES string of the molecule is CCOP(=O)(/C=C/CCSc1cc(Br)ccc1O)OCC. The Labute approximate surface area is 138 Å². The maximum absolute atomic E-state index is 12.2. The Morgan fingerprint density at radius 3 is 2.62 bits per heavy atom. The van der Waals surface area contributed by atoms with Crippen LogP contribution in [0.1, 0.15) is 20.3 Å². The van der Waals surface area contributed by atoms with E-state index in [1.165, 1.54) is 17.6 Å². The van der Waals surface area contributed by atoms with Crippen LogP contribution in [0.5, 0.6) is 5.75 Å². The molecule has 1 N–H and O–H groups in total. The van der Waals surface area contributed by atoms with Crippen molar-refractivity contribution in [1.82, 2.24) is 0 Å². The van der Waals surface area contributed by atoms with Gasteiger partial charge < -0.3 is 14.2 Å². The van der Waals surface area contributed by atoms with E-state index in [0.29, 0.717) is 19.6 Å². The molecule has 0 aliphatic heterocycles. The normalized spacial score (nSPS) is 12.1. The van der Waals surface area contributed by atoms with E-state index in [-0.39, 0.29) is 5.75 Å². The summed E-state index contributed by atoms with van der Waals surface area (Å²) in [4.78, 5) is 0.815. The summed E-state index contributed by atoms with van der Waals surface area (Å²) in [5.41, 5.74) is 0. The first-order valence-corrected chi connectivity index (χ1v) is 10.1. The van der Waals surface area contributed by atoms with Gasteiger partial charge in [-0.05, 0) is 38.5 Å². The van der Waals surface area contributed by atoms with Crippen molar-refractivity contribution in [2.24, 2.45) is 0 Å². The molecule has 0 saturated heterocycles. The summed E-state index contributed by atoms with van der Waals surface area (Å²) < 4.78 is 23.4. The van der Waals surface area contributed by atoms with E-state index in [1.54, 1.807) is 32.1 Å². The van der Waals surface area contributed by atoms with Crippen LogP contribution >= 0.6 is 35.3 Å². The first-order valence-electron chi connectivity index (χ1n) is 6.68. The van der Waals surface area contributed by atoms with E-state index in [9.17, 15) is 9.67 Å². The fourth-order valence-electron chi connectivity index (χ4n) is 1.53. The zero-order valence-corrected chi connectivity index (χ0v) is 15.4. The van der Waals surface area contributed by atoms with Gasteiger partial charge in [-0.15, -0.1) is 11.8 Å². The summed E-state index contributed by atoms with van der Waals surface area (Å²) in [6.07, 6.45) is 2.51. The number of benzene rings is 1. The van der Waals surface area contributed by atoms with Crippen molar-refractivity contribution in [2.45, 2.75) is 25.2 Å². The number of phenolic OH excluding ortho intramolecular Hbond substituents is 1. The Kier molecular flexibility index (Phi) is 8.67. The average molecular weight is 395 g/mol. The van der Waals surface area contributed by atoms with E-state index in [0.717, 1.165) is 15.1 Å². The minimum Gasteiger partial charge on any atom is -0.507 e. The highest BCUT2D eigenvalue weighted by molar-refractivity contribution is 9.10. The van der Waals surface area contributed by atoms with Crippen molar-refractivity contribution < 1.29 is 18.7 Å². The lowest BCUT2D eigenvalue weighted by molar-refractivity contribution is 0.229. The Balaban J connectivity index is 2.47. The maximum Gasteiger partial charge on any atom is 0.353 e. The molecule has 0 spiro atoms. The molecule has 0 atom stereocenters. The molecule has 21 heavy (non-hydrogen) atoms. The van der Waals surface area contributed by atoms with Crippen molar-refractivity contribution in [3.63, 3.8) is 0 Å². The number of aromatic hydroxyl groups is 1. The van der Waals surface area contributed by atoms with Gasteiger partial charge >= 0.3 is 7.60 Å². The zero-order valence-electron chi connectivity index (χ0n) is 12.1. The van der Waals surface area contributed by atoms with Gasteiger partial charge in [0.25, 0.3) is 0 Å². The highest BCUT2D eigenvalue weighted by Crippen LogP contribution is 2.49. The van der Waals surface area contributed by atoms with E-state index in [2.05, 4.69) is 15.9 Å². The highest BCUT2D eigenvalue weighted by Gasteiger charge is 2.18. The second-order valence-electron chi connectivity index (χ2n) is 4.01. The van der Waals surface area contributed by atoms with Crippen LogP contribution in [0.2, 0.25) is 0 Å². The first-order chi connectivity index (χ1) is 10.0. The van der Waals surface area contributed by atoms with Crippen LogP contribution in [0.15, 0.2) is 39.5 Å². The van der Waals surface area contributed by atoms with Gasteiger partial charge in [0.05, 0.1) is 18.1 Å². The predicted octanol–water partition coefficient (Wildman–Crippen LogP) is 5.42. The molecule has 0 fully saturated rings. The highest BCUT2D eigenvalue weighted by atomic mass is 79.9. The topological polar surface area (TPSA) is 55.8 Å². The fraction of sp³-hybridized carbons (Fsp3) is 0.429. The Morgan fingerprint density at radius 1 is 1.33 bits per heavy atom. The van der Waals surface area contributed by atoms with Crippen molar-refractivity contribution in [3.05, 3.63) is 34.6 Å². The molecule has 0 radical (unpaired) electrons. The first kappa shape index (κ1) is 18.8. The van der Waals surface area contributed by atoms with E-state index >= 15 is 0 Å². The molecule has 4 nitrogen and oxygen atoms in total. The van der Waals surface area contributed by atoms with Gasteiger partial charge in [-0.25, -0.2) is 0 Å². The predicted molar refractivity (Wildman–Crippen MR) is 91.1 cm³/mol. The zero-order chi connectivity index (χ0) is 15.7. The van der Waals surface area contributed by atoms with E-state index in [1.807, 2.05) is 6.07 Å². The van der Waals surface area contributed by atoms with Crippen LogP contribution in [-0.4, -0.2) is 24.1 Å². The largest absolute Gasteiger partial charge is 0.507 e. The molecule has 1 aromatic carbocycles. The minimum absolute atomic E-state index is 0.265. The molecule has 7 heteroatoms. The summed E-state index contributed by atoms with van der Waals surface area (Å²) in [6.45, 7) is 4.27. The van der Waals surface area contributed by atoms with Gasteiger partial charge in [-0.2, -0.15) is 0 Å². The summed E-state index contributed by atoms with van der Waals surface area (Å²) in [6, 6.07) is 5.31. The summed E-state index contributed by atoms with van der Waals surface area (Å²) in [5, 5.41) is 9.72. The smallest absolute Gasteiger partial charge is 0.353 e. The lowest BCUT2D eigenvalue weighted by Gasteiger charge is -2.12. The number of phenols is 1. The lowest BCUT2D eigenvalue weighted by atomic mass is 10.3. The van der Waals surface area contributed by atoms with Crippen molar-refractivity contribution in [1.29, 1.82) is 0 Å². The molecule has 0 aliphatic rings. The molecule has 0 saturated carbocycles. The van der Waals surface area contributed by atoms with E-state index < -0.39 is 7.60 Å². The fourth-order valence-corrected chi connectivity index (χ4v) is 4.31. The van der Waals surface area contributed by atoms with Gasteiger partial charge in [0.15, 0.2) is 0 Å². The third-order valence-corrected chi connectivity index (χ3v) is 5.75. The number of halogens is 1. The van der Waals surface area contributed by atoms with Crippen LogP contribution in [-0.2, 0) is 13.6 Å². The van der Waals surface area contributed by atoms with Gasteiger partial charge in [0.1, 0.15) is 5.75 Å². The Morgan fingerprint density at radius 2 is 2.00 bits per heavy atom. The molecule has 118 valence electrons. The molecular weight excluding hydrogens is 375 g/mol. The monoisotopic (exact) mass is 394 g/mol. The summed E-state index contributed by atoms with van der Waals surface area (Å²) in [7, 11) is -3.10. The number of hydrogen-bond donors (Lipinski definition) is 1. The average Bonchev–Trinajstić information content (AvgIpc) is 2.42. The summed E-state index contributed by atoms with van der Waals surface area (Å²) in [5.74, 6) is 2.54. The molecular formula is C14H20BrO4PS. The second-order valence-corrected chi connectivity index (χ2v) is 7.96. The third kappa shape index (κ3) is 7.02. The van der Waals surface area contributed by atoms with Crippen molar-refractivity contribution in [2.75, 3.05) is 19.0 Å². The molecule has 0 unspecified atom stereocenters. The molecule has 1 rings (SSSR count). The Bertz CT molecular complexity index is 512. The molecule has 0 amide bonds. The summed E-state index contributed by atoms with van der Waals surface area (Å²) >= 11 is 4.91. The van der Waals surface area contributed by atoms with Gasteiger partial charge in [0, 0.05) is 16.0 Å². The van der Waals surface area contributed by atoms with Crippen molar-refractivity contribution >= 4 is 35.3 Å². The quantitative estimate of drug-likeness (QED) is 0.344. The molecule has 1 aromatic rings. The van der Waals surface area contributed by atoms with Gasteiger partial charge in [0.2, 0.25) is 0 Å². The maximum atomic E-state index is 12.2. The number of allylic oxidation sites excluding steroid dienone is 1. The van der Waals surface area contributed by atoms with Crippen LogP contribution < -0.4 is 0 Å². The number of thioether (sulfide) groups is 1. The molecule has 0 aromatic heterocycles. The van der Waals surface area contributed by atoms with Crippen LogP contribution in [0, 0.1) is 0 Å². The molecule has 0 bridgehead atoms. The minimum atomic E-state index is -3.10. The van der Waals surface area contributed by atoms with Crippen LogP contribution in [0.3, 0.4) is 0 Å². The standard InChI is InChI=1S/C14H20BrO4PS/c1-3-18-20(17,19-4-2)9-5-6-10-21-14-11-12(15)7-8-13(14)16/h5,7-9,11,16H,3-4,6,10H2,1-2H3/b9-5+. The van der Waals surface area contributed by atoms with Crippen LogP contribution in [0.4, 0.5) is 0 Å². The molecule has 0 heterocycles. The second kappa shape index (κ2) is 9.70. The molecule has 0 aliphatic carbocycles. The van der Waals surface area contributed by atoms with Gasteiger partial charge in [-0.3, -0.25) is 4.57 Å².